The molecular weight excluding hydrogens is 453 g/mol. The highest BCUT2D eigenvalue weighted by Gasteiger charge is 2.12. The Morgan fingerprint density at radius 3 is 2.22 bits per heavy atom. The molecule has 0 bridgehead atoms. The number of benzene rings is 2. The molecule has 2 rings (SSSR count). The number of allylic oxidation sites excluding steroid dienone is 2. The molecule has 0 saturated carbocycles. The van der Waals surface area contributed by atoms with Gasteiger partial charge in [-0.05, 0) is 69.2 Å². The number of rotatable bonds is 12. The number of amides is 1. The first-order valence-electron chi connectivity index (χ1n) is 12.6. The number of nitrogens with zero attached hydrogens (tertiary/aromatic N) is 1. The fraction of sp³-hybridized carbons (Fsp3) is 0.367. The summed E-state index contributed by atoms with van der Waals surface area (Å²) < 4.78 is 13.0. The summed E-state index contributed by atoms with van der Waals surface area (Å²) in [6.07, 6.45) is 8.98. The van der Waals surface area contributed by atoms with Gasteiger partial charge >= 0.3 is 0 Å². The third kappa shape index (κ3) is 13.6. The predicted octanol–water partition coefficient (Wildman–Crippen LogP) is 6.31. The van der Waals surface area contributed by atoms with Crippen molar-refractivity contribution in [2.45, 2.75) is 54.1 Å². The van der Waals surface area contributed by atoms with Crippen LogP contribution in [0.4, 0.5) is 10.1 Å². The molecule has 0 aliphatic rings. The van der Waals surface area contributed by atoms with Gasteiger partial charge in [0.2, 0.25) is 6.41 Å². The molecule has 2 aromatic rings. The Hall–Kier alpha value is -3.22. The molecule has 0 spiro atoms. The Bertz CT molecular complexity index is 910. The first-order valence-corrected chi connectivity index (χ1v) is 12.6. The van der Waals surface area contributed by atoms with Crippen LogP contribution in [0.1, 0.15) is 47.1 Å². The highest BCUT2D eigenvalue weighted by Crippen LogP contribution is 2.18. The first kappa shape index (κ1) is 32.8. The number of aliphatic hydroxyl groups excluding tert-OH is 1. The van der Waals surface area contributed by atoms with Crippen LogP contribution in [0.25, 0.3) is 0 Å². The van der Waals surface area contributed by atoms with Crippen LogP contribution >= 0.6 is 0 Å². The van der Waals surface area contributed by atoms with Gasteiger partial charge < -0.3 is 20.6 Å². The first-order chi connectivity index (χ1) is 17.5. The molecule has 0 saturated heterocycles. The molecule has 1 amide bonds. The van der Waals surface area contributed by atoms with Crippen molar-refractivity contribution in [2.75, 3.05) is 25.0 Å². The van der Waals surface area contributed by atoms with E-state index in [-0.39, 0.29) is 18.5 Å². The number of hydrogen-bond donors (Lipinski definition) is 3. The zero-order chi connectivity index (χ0) is 27.2. The number of para-hydroxylation sites is 1. The second kappa shape index (κ2) is 21.1. The smallest absolute Gasteiger partial charge is 0.214 e. The molecule has 0 aliphatic heterocycles. The lowest BCUT2D eigenvalue weighted by atomic mass is 10.1. The summed E-state index contributed by atoms with van der Waals surface area (Å²) in [6.45, 7) is 13.8. The summed E-state index contributed by atoms with van der Waals surface area (Å²) in [5.74, 6) is -0.229. The average Bonchev–Trinajstić information content (AvgIpc) is 2.90. The molecule has 5 nitrogen and oxygen atoms in total. The van der Waals surface area contributed by atoms with Crippen LogP contribution in [-0.4, -0.2) is 42.2 Å². The number of halogens is 1. The minimum atomic E-state index is -0.229. The molecule has 198 valence electrons. The van der Waals surface area contributed by atoms with E-state index in [0.29, 0.717) is 19.6 Å². The lowest BCUT2D eigenvalue weighted by molar-refractivity contribution is -0.116. The van der Waals surface area contributed by atoms with Crippen LogP contribution in [0, 0.1) is 5.82 Å². The second-order valence-corrected chi connectivity index (χ2v) is 7.46. The Balaban J connectivity index is 0.00000227. The number of likely N-dealkylation sites (N-methyl/N-ethyl adjacent to an activating group) is 1. The molecule has 1 atom stereocenters. The summed E-state index contributed by atoms with van der Waals surface area (Å²) in [5, 5.41) is 14.3. The summed E-state index contributed by atoms with van der Waals surface area (Å²) in [5.41, 5.74) is 3.90. The van der Waals surface area contributed by atoms with E-state index < -0.39 is 0 Å². The van der Waals surface area contributed by atoms with E-state index in [0.717, 1.165) is 28.9 Å². The molecule has 0 aromatic heterocycles. The Labute approximate surface area is 217 Å². The zero-order valence-electron chi connectivity index (χ0n) is 22.7. The minimum absolute atomic E-state index is 0.0337. The summed E-state index contributed by atoms with van der Waals surface area (Å²) >= 11 is 0. The van der Waals surface area contributed by atoms with Gasteiger partial charge in [0, 0.05) is 43.7 Å². The lowest BCUT2D eigenvalue weighted by Crippen LogP contribution is -2.24. The topological polar surface area (TPSA) is 64.6 Å². The van der Waals surface area contributed by atoms with Gasteiger partial charge in [0.05, 0.1) is 0 Å². The molecule has 36 heavy (non-hydrogen) atoms. The largest absolute Gasteiger partial charge is 0.397 e. The van der Waals surface area contributed by atoms with Crippen LogP contribution in [-0.2, 0) is 11.3 Å². The number of hydrogen-bond acceptors (Lipinski definition) is 4. The fourth-order valence-corrected chi connectivity index (χ4v) is 3.15. The Kier molecular flexibility index (Phi) is 19.2. The normalized spacial score (nSPS) is 12.1. The van der Waals surface area contributed by atoms with E-state index in [1.807, 2.05) is 76.3 Å². The number of carbonyl (C=O) groups excluding carboxylic acids is 1. The molecule has 0 aliphatic carbocycles. The van der Waals surface area contributed by atoms with Gasteiger partial charge in [-0.1, -0.05) is 62.4 Å². The lowest BCUT2D eigenvalue weighted by Gasteiger charge is -2.23. The predicted molar refractivity (Wildman–Crippen MR) is 151 cm³/mol. The van der Waals surface area contributed by atoms with E-state index >= 15 is 0 Å². The Morgan fingerprint density at radius 2 is 1.69 bits per heavy atom. The quantitative estimate of drug-likeness (QED) is 0.183. The number of aliphatic hydroxyl groups is 1. The maximum atomic E-state index is 13.0. The molecule has 3 N–H and O–H groups in total. The summed E-state index contributed by atoms with van der Waals surface area (Å²) in [4.78, 5) is 13.4. The monoisotopic (exact) mass is 497 g/mol. The summed E-state index contributed by atoms with van der Waals surface area (Å²) in [7, 11) is 0. The van der Waals surface area contributed by atoms with E-state index in [1.54, 1.807) is 24.0 Å². The van der Waals surface area contributed by atoms with Crippen molar-refractivity contribution in [1.29, 1.82) is 0 Å². The maximum Gasteiger partial charge on any atom is 0.214 e. The highest BCUT2D eigenvalue weighted by molar-refractivity contribution is 5.57. The van der Waals surface area contributed by atoms with Gasteiger partial charge in [-0.25, -0.2) is 4.39 Å². The van der Waals surface area contributed by atoms with Gasteiger partial charge in [-0.3, -0.25) is 4.79 Å². The van der Waals surface area contributed by atoms with Crippen molar-refractivity contribution >= 4 is 12.1 Å². The molecule has 1 unspecified atom stereocenters. The van der Waals surface area contributed by atoms with Crippen molar-refractivity contribution in [3.05, 3.63) is 102 Å². The molecular formula is C30H44FN3O2. The van der Waals surface area contributed by atoms with Gasteiger partial charge in [0.1, 0.15) is 5.82 Å². The fourth-order valence-electron chi connectivity index (χ4n) is 3.15. The molecule has 2 aromatic carbocycles. The third-order valence-corrected chi connectivity index (χ3v) is 4.76. The molecule has 6 heteroatoms. The van der Waals surface area contributed by atoms with E-state index in [9.17, 15) is 9.18 Å². The third-order valence-electron chi connectivity index (χ3n) is 4.76. The van der Waals surface area contributed by atoms with Crippen LogP contribution in [0.15, 0.2) is 90.2 Å². The van der Waals surface area contributed by atoms with Crippen molar-refractivity contribution in [3.63, 3.8) is 0 Å². The van der Waals surface area contributed by atoms with Gasteiger partial charge in [0.15, 0.2) is 0 Å². The van der Waals surface area contributed by atoms with E-state index in [1.165, 1.54) is 12.1 Å². The van der Waals surface area contributed by atoms with Gasteiger partial charge in [-0.2, -0.15) is 0 Å². The second-order valence-electron chi connectivity index (χ2n) is 7.46. The highest BCUT2D eigenvalue weighted by atomic mass is 19.1. The zero-order valence-corrected chi connectivity index (χ0v) is 22.7. The number of anilines is 1. The van der Waals surface area contributed by atoms with Crippen LogP contribution < -0.4 is 10.6 Å². The van der Waals surface area contributed by atoms with E-state index in [4.69, 9.17) is 5.11 Å². The number of nitrogens with one attached hydrogen (secondary N) is 2. The number of carbonyl (C=O) groups is 1. The average molecular weight is 498 g/mol. The van der Waals surface area contributed by atoms with Crippen molar-refractivity contribution in [1.82, 2.24) is 10.2 Å². The molecule has 0 fully saturated rings. The maximum absolute atomic E-state index is 13.0. The van der Waals surface area contributed by atoms with Crippen molar-refractivity contribution < 1.29 is 14.3 Å². The minimum Gasteiger partial charge on any atom is -0.397 e. The van der Waals surface area contributed by atoms with Crippen LogP contribution in [0.2, 0.25) is 0 Å². The van der Waals surface area contributed by atoms with Gasteiger partial charge in [-0.15, -0.1) is 0 Å². The SMILES string of the molecule is C/C=C(/C=C/CNCc1ccc(F)cc1)C(=C/C(C)Nc1ccccc1)\N(C=O)CC.CC.CCO. The standard InChI is InChI=1S/C26H32FN3O.C2H6O.C2H6/c1-4-23(10-9-17-28-19-22-13-15-24(27)16-14-22)26(30(5-2)20-31)18-21(3)29-25-11-7-6-8-12-25;1-2-3;1-2/h4,6-16,18,20-21,28-29H,5,17,19H2,1-3H3;3H,2H2,1H3;1-2H3/b10-9+,23-4-,26-18+;;. The molecule has 0 heterocycles. The van der Waals surface area contributed by atoms with Crippen molar-refractivity contribution in [3.8, 4) is 0 Å². The van der Waals surface area contributed by atoms with E-state index in [2.05, 4.69) is 23.6 Å². The van der Waals surface area contributed by atoms with Gasteiger partial charge in [0.25, 0.3) is 0 Å². The van der Waals surface area contributed by atoms with Crippen LogP contribution in [0.5, 0.6) is 0 Å². The van der Waals surface area contributed by atoms with Crippen molar-refractivity contribution in [2.24, 2.45) is 0 Å². The Morgan fingerprint density at radius 1 is 1.08 bits per heavy atom. The molecule has 0 radical (unpaired) electrons. The van der Waals surface area contributed by atoms with Crippen LogP contribution in [0.3, 0.4) is 0 Å². The summed E-state index contributed by atoms with van der Waals surface area (Å²) in [6, 6.07) is 16.5.